The van der Waals surface area contributed by atoms with Crippen molar-refractivity contribution < 1.29 is 14.4 Å². The average Bonchev–Trinajstić information content (AvgIpc) is 2.70. The summed E-state index contributed by atoms with van der Waals surface area (Å²) < 4.78 is 0. The van der Waals surface area contributed by atoms with Crippen LogP contribution in [0.4, 0.5) is 11.5 Å². The van der Waals surface area contributed by atoms with Crippen molar-refractivity contribution in [3.8, 4) is 0 Å². The van der Waals surface area contributed by atoms with Crippen LogP contribution in [0.15, 0.2) is 42.5 Å². The van der Waals surface area contributed by atoms with Gasteiger partial charge in [0, 0.05) is 12.1 Å². The molecule has 7 heteroatoms. The van der Waals surface area contributed by atoms with E-state index in [4.69, 9.17) is 0 Å². The minimum Gasteiger partial charge on any atom is -0.340 e. The summed E-state index contributed by atoms with van der Waals surface area (Å²) in [4.78, 5) is 40.7. The van der Waals surface area contributed by atoms with Crippen LogP contribution in [-0.2, 0) is 9.59 Å². The summed E-state index contributed by atoms with van der Waals surface area (Å²) in [6.45, 7) is 1.83. The van der Waals surface area contributed by atoms with E-state index in [-0.39, 0.29) is 30.6 Å². The molecule has 2 aromatic rings. The molecule has 0 spiro atoms. The summed E-state index contributed by atoms with van der Waals surface area (Å²) in [6, 6.07) is 11.3. The number of anilines is 2. The molecule has 7 nitrogen and oxygen atoms in total. The maximum Gasteiger partial charge on any atom is 0.254 e. The molecular formula is C18H18N4O3. The highest BCUT2D eigenvalue weighted by molar-refractivity contribution is 6.09. The van der Waals surface area contributed by atoms with Crippen LogP contribution < -0.4 is 16.0 Å². The van der Waals surface area contributed by atoms with Gasteiger partial charge in [-0.15, -0.1) is 0 Å². The maximum absolute atomic E-state index is 12.3. The van der Waals surface area contributed by atoms with Crippen molar-refractivity contribution in [2.45, 2.75) is 25.8 Å². The molecule has 2 heterocycles. The Hall–Kier alpha value is -3.22. The number of amides is 3. The van der Waals surface area contributed by atoms with Crippen molar-refractivity contribution >= 4 is 29.2 Å². The van der Waals surface area contributed by atoms with Crippen LogP contribution in [0, 0.1) is 6.92 Å². The van der Waals surface area contributed by atoms with Gasteiger partial charge in [-0.2, -0.15) is 0 Å². The number of aryl methyl sites for hydroxylation is 1. The zero-order valence-corrected chi connectivity index (χ0v) is 13.7. The number of hydrogen-bond acceptors (Lipinski definition) is 4. The Labute approximate surface area is 144 Å². The van der Waals surface area contributed by atoms with Crippen LogP contribution in [0.5, 0.6) is 0 Å². The highest BCUT2D eigenvalue weighted by Crippen LogP contribution is 2.19. The fourth-order valence-electron chi connectivity index (χ4n) is 2.61. The molecule has 128 valence electrons. The van der Waals surface area contributed by atoms with Crippen LogP contribution in [0.1, 0.15) is 28.9 Å². The van der Waals surface area contributed by atoms with Gasteiger partial charge in [-0.05, 0) is 37.6 Å². The second-order valence-corrected chi connectivity index (χ2v) is 5.81. The smallest absolute Gasteiger partial charge is 0.254 e. The first-order valence-electron chi connectivity index (χ1n) is 7.97. The van der Waals surface area contributed by atoms with E-state index < -0.39 is 6.04 Å². The Balaban J connectivity index is 1.61. The molecule has 1 aromatic heterocycles. The number of fused-ring (bicyclic) bond motifs is 1. The van der Waals surface area contributed by atoms with Crippen LogP contribution in [-0.4, -0.2) is 28.7 Å². The van der Waals surface area contributed by atoms with Crippen molar-refractivity contribution in [1.29, 1.82) is 0 Å². The van der Waals surface area contributed by atoms with E-state index in [0.29, 0.717) is 17.1 Å². The van der Waals surface area contributed by atoms with E-state index in [9.17, 15) is 14.4 Å². The van der Waals surface area contributed by atoms with Gasteiger partial charge in [0.2, 0.25) is 11.8 Å². The number of nitrogens with one attached hydrogen (secondary N) is 3. The first-order valence-corrected chi connectivity index (χ1v) is 7.97. The van der Waals surface area contributed by atoms with Crippen LogP contribution in [0.2, 0.25) is 0 Å². The topological polar surface area (TPSA) is 100 Å². The van der Waals surface area contributed by atoms with Gasteiger partial charge >= 0.3 is 0 Å². The van der Waals surface area contributed by atoms with Crippen molar-refractivity contribution in [3.05, 3.63) is 53.7 Å². The molecule has 25 heavy (non-hydrogen) atoms. The third-order valence-corrected chi connectivity index (χ3v) is 3.87. The Morgan fingerprint density at radius 2 is 1.96 bits per heavy atom. The lowest BCUT2D eigenvalue weighted by Crippen LogP contribution is -2.41. The predicted octanol–water partition coefficient (Wildman–Crippen LogP) is 1.86. The first kappa shape index (κ1) is 16.6. The van der Waals surface area contributed by atoms with Crippen molar-refractivity contribution in [1.82, 2.24) is 10.3 Å². The number of para-hydroxylation sites is 1. The number of pyridine rings is 1. The molecule has 0 saturated heterocycles. The van der Waals surface area contributed by atoms with Crippen LogP contribution >= 0.6 is 0 Å². The largest absolute Gasteiger partial charge is 0.340 e. The number of hydrogen-bond donors (Lipinski definition) is 3. The first-order chi connectivity index (χ1) is 12.0. The van der Waals surface area contributed by atoms with E-state index in [1.54, 1.807) is 36.4 Å². The van der Waals surface area contributed by atoms with Gasteiger partial charge < -0.3 is 16.0 Å². The molecule has 0 unspecified atom stereocenters. The molecule has 0 saturated carbocycles. The highest BCUT2D eigenvalue weighted by Gasteiger charge is 2.27. The number of aromatic nitrogens is 1. The van der Waals surface area contributed by atoms with Gasteiger partial charge in [0.15, 0.2) is 0 Å². The molecule has 3 amide bonds. The van der Waals surface area contributed by atoms with Gasteiger partial charge in [-0.3, -0.25) is 14.4 Å². The Morgan fingerprint density at radius 1 is 1.16 bits per heavy atom. The number of benzene rings is 1. The number of rotatable bonds is 4. The van der Waals surface area contributed by atoms with Gasteiger partial charge in [0.1, 0.15) is 11.9 Å². The number of nitrogens with zero attached hydrogens (tertiary/aromatic N) is 1. The Kier molecular flexibility index (Phi) is 4.74. The molecule has 0 bridgehead atoms. The standard InChI is InChI=1S/C18H18N4O3/c1-11-5-4-8-15(19-11)22-16(23)10-9-14-18(25)20-13-7-3-2-6-12(13)17(24)21-14/h2-8,14H,9-10H2,1H3,(H,20,25)(H,21,24)(H,19,22,23)/t14-/m1/s1. The lowest BCUT2D eigenvalue weighted by atomic mass is 10.1. The summed E-state index contributed by atoms with van der Waals surface area (Å²) in [5.41, 5.74) is 1.68. The van der Waals surface area contributed by atoms with E-state index >= 15 is 0 Å². The van der Waals surface area contributed by atoms with Gasteiger partial charge in [-0.1, -0.05) is 18.2 Å². The second kappa shape index (κ2) is 7.12. The molecular weight excluding hydrogens is 320 g/mol. The summed E-state index contributed by atoms with van der Waals surface area (Å²) in [6.07, 6.45) is 0.285. The highest BCUT2D eigenvalue weighted by atomic mass is 16.2. The van der Waals surface area contributed by atoms with E-state index in [2.05, 4.69) is 20.9 Å². The van der Waals surface area contributed by atoms with Crippen LogP contribution in [0.3, 0.4) is 0 Å². The summed E-state index contributed by atoms with van der Waals surface area (Å²) in [5, 5.41) is 8.07. The predicted molar refractivity (Wildman–Crippen MR) is 93.2 cm³/mol. The molecule has 1 atom stereocenters. The third kappa shape index (κ3) is 4.00. The molecule has 3 rings (SSSR count). The fraction of sp³-hybridized carbons (Fsp3) is 0.222. The van der Waals surface area contributed by atoms with Crippen molar-refractivity contribution in [2.24, 2.45) is 0 Å². The lowest BCUT2D eigenvalue weighted by molar-refractivity contribution is -0.118. The summed E-state index contributed by atoms with van der Waals surface area (Å²) in [5.74, 6) is -0.465. The molecule has 1 aliphatic rings. The summed E-state index contributed by atoms with van der Waals surface area (Å²) in [7, 11) is 0. The molecule has 1 aromatic carbocycles. The van der Waals surface area contributed by atoms with Gasteiger partial charge in [0.05, 0.1) is 11.3 Å². The third-order valence-electron chi connectivity index (χ3n) is 3.87. The monoisotopic (exact) mass is 338 g/mol. The van der Waals surface area contributed by atoms with Crippen molar-refractivity contribution in [3.63, 3.8) is 0 Å². The molecule has 0 radical (unpaired) electrons. The Morgan fingerprint density at radius 3 is 2.76 bits per heavy atom. The van der Waals surface area contributed by atoms with E-state index in [1.165, 1.54) is 0 Å². The number of carbonyl (C=O) groups is 3. The normalized spacial score (nSPS) is 16.3. The minimum absolute atomic E-state index is 0.0876. The quantitative estimate of drug-likeness (QED) is 0.792. The molecule has 0 aliphatic carbocycles. The number of carbonyl (C=O) groups excluding carboxylic acids is 3. The van der Waals surface area contributed by atoms with E-state index in [0.717, 1.165) is 5.69 Å². The lowest BCUT2D eigenvalue weighted by Gasteiger charge is -2.14. The van der Waals surface area contributed by atoms with Crippen LogP contribution in [0.25, 0.3) is 0 Å². The zero-order chi connectivity index (χ0) is 17.8. The molecule has 1 aliphatic heterocycles. The van der Waals surface area contributed by atoms with Gasteiger partial charge in [-0.25, -0.2) is 4.98 Å². The average molecular weight is 338 g/mol. The minimum atomic E-state index is -0.767. The fourth-order valence-corrected chi connectivity index (χ4v) is 2.61. The van der Waals surface area contributed by atoms with Crippen molar-refractivity contribution in [2.75, 3.05) is 10.6 Å². The molecule has 3 N–H and O–H groups in total. The second-order valence-electron chi connectivity index (χ2n) is 5.81. The summed E-state index contributed by atoms with van der Waals surface area (Å²) >= 11 is 0. The Bertz CT molecular complexity index is 835. The SMILES string of the molecule is Cc1cccc(NC(=O)CC[C@H]2NC(=O)c3ccccc3NC2=O)n1. The van der Waals surface area contributed by atoms with Gasteiger partial charge in [0.25, 0.3) is 5.91 Å². The zero-order valence-electron chi connectivity index (χ0n) is 13.7. The maximum atomic E-state index is 12.3. The molecule has 0 fully saturated rings. The van der Waals surface area contributed by atoms with E-state index in [1.807, 2.05) is 13.0 Å².